The van der Waals surface area contributed by atoms with Gasteiger partial charge in [0, 0.05) is 37.3 Å². The average molecular weight is 1060 g/mol. The molecule has 0 saturated carbocycles. The van der Waals surface area contributed by atoms with Crippen LogP contribution in [-0.4, -0.2) is 87.1 Å². The normalized spacial score (nSPS) is 10.6. The number of ether oxygens (including phenoxy) is 11. The van der Waals surface area contributed by atoms with Crippen LogP contribution in [0.1, 0.15) is 52.6 Å². The van der Waals surface area contributed by atoms with Crippen LogP contribution in [0.4, 0.5) is 0 Å². The molecule has 17 heteroatoms. The van der Waals surface area contributed by atoms with Crippen molar-refractivity contribution in [3.63, 3.8) is 0 Å². The molecule has 0 bridgehead atoms. The van der Waals surface area contributed by atoms with E-state index >= 15 is 0 Å². The summed E-state index contributed by atoms with van der Waals surface area (Å²) in [5, 5.41) is 0. The van der Waals surface area contributed by atoms with E-state index in [4.69, 9.17) is 52.1 Å². The van der Waals surface area contributed by atoms with Crippen LogP contribution in [0.5, 0.6) is 74.7 Å². The molecule has 0 N–H and O–H groups in total. The van der Waals surface area contributed by atoms with Gasteiger partial charge in [-0.25, -0.2) is 0 Å². The second-order valence-electron chi connectivity index (χ2n) is 14.5. The van der Waals surface area contributed by atoms with Gasteiger partial charge in [0.25, 0.3) is 0 Å². The van der Waals surface area contributed by atoms with Crippen molar-refractivity contribution < 1.29 is 71.3 Å². The summed E-state index contributed by atoms with van der Waals surface area (Å²) in [7, 11) is 13.1. The number of carbonyl (C=O) groups excluding carboxylic acids is 4. The van der Waals surface area contributed by atoms with Gasteiger partial charge in [-0.2, -0.15) is 0 Å². The Hall–Kier alpha value is -7.24. The summed E-state index contributed by atoms with van der Waals surface area (Å²) in [6.07, 6.45) is 0.972. The molecule has 0 heterocycles. The van der Waals surface area contributed by atoms with E-state index in [1.807, 2.05) is 12.1 Å². The Kier molecular flexibility index (Phi) is 16.6. The summed E-state index contributed by atoms with van der Waals surface area (Å²) in [6, 6.07) is 23.7. The van der Waals surface area contributed by atoms with E-state index in [1.54, 1.807) is 44.6 Å². The monoisotopic (exact) mass is 1060 g/mol. The summed E-state index contributed by atoms with van der Waals surface area (Å²) in [4.78, 5) is 54.9. The Balaban J connectivity index is 1.35. The van der Waals surface area contributed by atoms with Crippen molar-refractivity contribution in [2.24, 2.45) is 0 Å². The molecule has 0 saturated heterocycles. The maximum atomic E-state index is 13.8. The second-order valence-corrected chi connectivity index (χ2v) is 16.4. The molecule has 6 aromatic rings. The Morgan fingerprint density at radius 3 is 0.882 bits per heavy atom. The van der Waals surface area contributed by atoms with Gasteiger partial charge < -0.3 is 52.1 Å². The van der Waals surface area contributed by atoms with Crippen molar-refractivity contribution in [1.29, 1.82) is 0 Å². The van der Waals surface area contributed by atoms with Crippen LogP contribution in [0.3, 0.4) is 0 Å². The van der Waals surface area contributed by atoms with Crippen LogP contribution in [-0.2, 0) is 12.8 Å². The van der Waals surface area contributed by atoms with Crippen LogP contribution in [0.25, 0.3) is 0 Å². The molecule has 0 spiro atoms. The smallest absolute Gasteiger partial charge is 0.233 e. The molecule has 0 radical (unpaired) electrons. The molecule has 0 aromatic heterocycles. The summed E-state index contributed by atoms with van der Waals surface area (Å²) in [6.45, 7) is 0. The standard InChI is InChI=1S/C51H46Br2O15/c1-58-39-14-28(15-40(59-2)49(39)64-7)11-10-27-12-35(67-37-18-29(16-33(52)24-37)45(54)47(56)31-20-41(60-3)50(65-8)42(21-31)61-4)26-36(13-27)68-38-19-30(17-34(53)25-38)46(55)48(57)32-22-43(62-5)51(66-9)44(23-32)63-6/h12-26H,10-11H2,1-9H3. The third-order valence-electron chi connectivity index (χ3n) is 10.4. The molecule has 354 valence electrons. The molecule has 68 heavy (non-hydrogen) atoms. The average Bonchev–Trinajstić information content (AvgIpc) is 3.35. The van der Waals surface area contributed by atoms with E-state index in [0.717, 1.165) is 11.1 Å². The number of hydrogen-bond donors (Lipinski definition) is 0. The minimum absolute atomic E-state index is 0.0245. The number of carbonyl (C=O) groups is 4. The summed E-state index contributed by atoms with van der Waals surface area (Å²) < 4.78 is 62.7. The highest BCUT2D eigenvalue weighted by molar-refractivity contribution is 9.10. The Morgan fingerprint density at radius 1 is 0.324 bits per heavy atom. The van der Waals surface area contributed by atoms with Crippen LogP contribution < -0.4 is 52.1 Å². The fourth-order valence-corrected chi connectivity index (χ4v) is 8.13. The number of aryl methyl sites for hydroxylation is 2. The lowest BCUT2D eigenvalue weighted by Gasteiger charge is -2.16. The zero-order valence-electron chi connectivity index (χ0n) is 38.5. The molecular formula is C51H46Br2O15. The van der Waals surface area contributed by atoms with Gasteiger partial charge in [-0.15, -0.1) is 0 Å². The first-order valence-electron chi connectivity index (χ1n) is 20.4. The molecule has 0 aliphatic carbocycles. The van der Waals surface area contributed by atoms with Gasteiger partial charge in [0.2, 0.25) is 40.4 Å². The maximum Gasteiger partial charge on any atom is 0.233 e. The zero-order chi connectivity index (χ0) is 49.2. The molecule has 0 atom stereocenters. The first-order valence-corrected chi connectivity index (χ1v) is 22.0. The number of methoxy groups -OCH3 is 9. The van der Waals surface area contributed by atoms with Crippen molar-refractivity contribution >= 4 is 55.0 Å². The van der Waals surface area contributed by atoms with E-state index in [1.165, 1.54) is 98.3 Å². The number of rotatable bonds is 22. The lowest BCUT2D eigenvalue weighted by atomic mass is 10.0. The molecule has 6 rings (SSSR count). The molecular weight excluding hydrogens is 1010 g/mol. The lowest BCUT2D eigenvalue weighted by Crippen LogP contribution is -2.15. The number of Topliss-reactive ketones (excluding diaryl/α,β-unsaturated/α-hetero) is 4. The summed E-state index contributed by atoms with van der Waals surface area (Å²) >= 11 is 6.93. The van der Waals surface area contributed by atoms with E-state index in [9.17, 15) is 19.2 Å². The van der Waals surface area contributed by atoms with Gasteiger partial charge in [0.05, 0.1) is 64.0 Å². The predicted molar refractivity (Wildman–Crippen MR) is 258 cm³/mol. The third kappa shape index (κ3) is 11.3. The highest BCUT2D eigenvalue weighted by atomic mass is 79.9. The highest BCUT2D eigenvalue weighted by Gasteiger charge is 2.26. The van der Waals surface area contributed by atoms with E-state index in [-0.39, 0.29) is 68.2 Å². The van der Waals surface area contributed by atoms with Gasteiger partial charge in [-0.05, 0) is 109 Å². The van der Waals surface area contributed by atoms with E-state index < -0.39 is 23.1 Å². The van der Waals surface area contributed by atoms with Gasteiger partial charge in [0.15, 0.2) is 34.5 Å². The topological polar surface area (TPSA) is 170 Å². The molecule has 0 amide bonds. The summed E-state index contributed by atoms with van der Waals surface area (Å²) in [5.41, 5.74) is 1.77. The van der Waals surface area contributed by atoms with E-state index in [2.05, 4.69) is 31.9 Å². The number of hydrogen-bond acceptors (Lipinski definition) is 15. The molecule has 0 aliphatic rings. The lowest BCUT2D eigenvalue weighted by molar-refractivity contribution is 0.0816. The molecule has 15 nitrogen and oxygen atoms in total. The molecule has 0 aliphatic heterocycles. The number of halogens is 2. The van der Waals surface area contributed by atoms with Crippen LogP contribution in [0.15, 0.2) is 99.9 Å². The predicted octanol–water partition coefficient (Wildman–Crippen LogP) is 10.8. The Bertz CT molecular complexity index is 2660. The quantitative estimate of drug-likeness (QED) is 0.0464. The first kappa shape index (κ1) is 50.2. The van der Waals surface area contributed by atoms with Gasteiger partial charge >= 0.3 is 0 Å². The fraction of sp³-hybridized carbons (Fsp3) is 0.216. The molecule has 0 unspecified atom stereocenters. The highest BCUT2D eigenvalue weighted by Crippen LogP contribution is 2.42. The van der Waals surface area contributed by atoms with Crippen molar-refractivity contribution in [2.75, 3.05) is 64.0 Å². The minimum atomic E-state index is -0.824. The molecule has 0 fully saturated rings. The largest absolute Gasteiger partial charge is 0.493 e. The molecule has 6 aromatic carbocycles. The fourth-order valence-electron chi connectivity index (χ4n) is 7.19. The van der Waals surface area contributed by atoms with Crippen LogP contribution in [0.2, 0.25) is 0 Å². The van der Waals surface area contributed by atoms with Crippen molar-refractivity contribution in [2.45, 2.75) is 12.8 Å². The van der Waals surface area contributed by atoms with Gasteiger partial charge in [0.1, 0.15) is 23.0 Å². The minimum Gasteiger partial charge on any atom is -0.493 e. The third-order valence-corrected chi connectivity index (χ3v) is 11.3. The SMILES string of the molecule is COc1cc(CCc2cc(Oc3cc(Br)cc(C(=O)C(=O)c4cc(OC)c(OC)c(OC)c4)c3)cc(Oc3cc(Br)cc(C(=O)C(=O)c4cc(OC)c(OC)c(OC)c4)c3)c2)cc(OC)c1OC. The summed E-state index contributed by atoms with van der Waals surface area (Å²) in [5.74, 6) is 0.561. The van der Waals surface area contributed by atoms with Crippen molar-refractivity contribution in [1.82, 2.24) is 0 Å². The van der Waals surface area contributed by atoms with Gasteiger partial charge in [-0.1, -0.05) is 31.9 Å². The zero-order valence-corrected chi connectivity index (χ0v) is 41.6. The second kappa shape index (κ2) is 22.5. The van der Waals surface area contributed by atoms with Crippen molar-refractivity contribution in [3.8, 4) is 74.7 Å². The van der Waals surface area contributed by atoms with Crippen molar-refractivity contribution in [3.05, 3.63) is 133 Å². The number of benzene rings is 6. The van der Waals surface area contributed by atoms with Gasteiger partial charge in [-0.3, -0.25) is 19.2 Å². The Labute approximate surface area is 409 Å². The Morgan fingerprint density at radius 2 is 0.588 bits per heavy atom. The van der Waals surface area contributed by atoms with Crippen LogP contribution in [0, 0.1) is 0 Å². The maximum absolute atomic E-state index is 13.8. The van der Waals surface area contributed by atoms with E-state index in [0.29, 0.717) is 50.5 Å². The number of ketones is 4. The van der Waals surface area contributed by atoms with Crippen LogP contribution >= 0.6 is 31.9 Å². The first-order chi connectivity index (χ1) is 32.7.